The highest BCUT2D eigenvalue weighted by molar-refractivity contribution is 7.16. The van der Waals surface area contributed by atoms with Crippen molar-refractivity contribution < 1.29 is 0 Å². The molecule has 0 saturated carbocycles. The van der Waals surface area contributed by atoms with E-state index in [1.165, 1.54) is 19.3 Å². The third-order valence-corrected chi connectivity index (χ3v) is 4.68. The number of anilines is 1. The molecule has 1 aliphatic heterocycles. The lowest BCUT2D eigenvalue weighted by Crippen LogP contribution is -2.41. The van der Waals surface area contributed by atoms with Gasteiger partial charge in [-0.25, -0.2) is 9.97 Å². The number of thiophene rings is 1. The average Bonchev–Trinajstić information content (AvgIpc) is 2.86. The summed E-state index contributed by atoms with van der Waals surface area (Å²) in [6.45, 7) is 3.11. The quantitative estimate of drug-likeness (QED) is 0.799. The SMILES string of the molecule is CC(Cl)CC1CCCCN1c1ncc2ccsc2n1. The monoisotopic (exact) mass is 295 g/mol. The normalized spacial score (nSPS) is 21.8. The summed E-state index contributed by atoms with van der Waals surface area (Å²) in [5, 5.41) is 3.40. The van der Waals surface area contributed by atoms with Crippen molar-refractivity contribution in [1.82, 2.24) is 9.97 Å². The number of nitrogens with zero attached hydrogens (tertiary/aromatic N) is 3. The van der Waals surface area contributed by atoms with E-state index in [1.807, 2.05) is 6.20 Å². The van der Waals surface area contributed by atoms with Gasteiger partial charge in [-0.3, -0.25) is 0 Å². The summed E-state index contributed by atoms with van der Waals surface area (Å²) in [5.41, 5.74) is 0. The van der Waals surface area contributed by atoms with Crippen LogP contribution in [0.4, 0.5) is 5.95 Å². The molecule has 2 atom stereocenters. The van der Waals surface area contributed by atoms with Gasteiger partial charge in [0.25, 0.3) is 0 Å². The van der Waals surface area contributed by atoms with Crippen LogP contribution < -0.4 is 4.90 Å². The van der Waals surface area contributed by atoms with E-state index in [-0.39, 0.29) is 5.38 Å². The van der Waals surface area contributed by atoms with Crippen LogP contribution in [0.5, 0.6) is 0 Å². The zero-order valence-corrected chi connectivity index (χ0v) is 12.6. The summed E-state index contributed by atoms with van der Waals surface area (Å²) in [5.74, 6) is 0.872. The third kappa shape index (κ3) is 2.84. The first-order chi connectivity index (χ1) is 9.24. The van der Waals surface area contributed by atoms with Gasteiger partial charge in [0.1, 0.15) is 4.83 Å². The number of hydrogen-bond donors (Lipinski definition) is 0. The molecule has 2 aromatic heterocycles. The van der Waals surface area contributed by atoms with E-state index < -0.39 is 0 Å². The van der Waals surface area contributed by atoms with Gasteiger partial charge in [0.05, 0.1) is 0 Å². The molecule has 0 aliphatic carbocycles. The molecule has 0 amide bonds. The van der Waals surface area contributed by atoms with Gasteiger partial charge in [-0.05, 0) is 44.1 Å². The molecule has 0 aromatic carbocycles. The Kier molecular flexibility index (Phi) is 3.89. The van der Waals surface area contributed by atoms with Crippen molar-refractivity contribution in [2.75, 3.05) is 11.4 Å². The van der Waals surface area contributed by atoms with E-state index in [9.17, 15) is 0 Å². The van der Waals surface area contributed by atoms with E-state index in [0.29, 0.717) is 6.04 Å². The minimum absolute atomic E-state index is 0.205. The molecule has 5 heteroatoms. The maximum atomic E-state index is 6.18. The van der Waals surface area contributed by atoms with Crippen molar-refractivity contribution in [3.8, 4) is 0 Å². The number of halogens is 1. The van der Waals surface area contributed by atoms with Crippen LogP contribution in [0.3, 0.4) is 0 Å². The standard InChI is InChI=1S/C14H18ClN3S/c1-10(15)8-12-4-2-3-6-18(12)14-16-9-11-5-7-19-13(11)17-14/h5,7,9-10,12H,2-4,6,8H2,1H3. The van der Waals surface area contributed by atoms with E-state index in [1.54, 1.807) is 11.3 Å². The highest BCUT2D eigenvalue weighted by atomic mass is 35.5. The van der Waals surface area contributed by atoms with Crippen LogP contribution in [0.1, 0.15) is 32.6 Å². The maximum absolute atomic E-state index is 6.18. The van der Waals surface area contributed by atoms with Crippen LogP contribution in [0.15, 0.2) is 17.6 Å². The van der Waals surface area contributed by atoms with Gasteiger partial charge in [0.15, 0.2) is 0 Å². The third-order valence-electron chi connectivity index (χ3n) is 3.68. The fourth-order valence-electron chi connectivity index (χ4n) is 2.77. The molecule has 0 spiro atoms. The molecule has 2 unspecified atom stereocenters. The summed E-state index contributed by atoms with van der Waals surface area (Å²) < 4.78 is 0. The Balaban J connectivity index is 1.88. The molecule has 19 heavy (non-hydrogen) atoms. The highest BCUT2D eigenvalue weighted by Gasteiger charge is 2.25. The summed E-state index contributed by atoms with van der Waals surface area (Å²) in [7, 11) is 0. The minimum Gasteiger partial charge on any atom is -0.338 e. The Morgan fingerprint density at radius 2 is 2.42 bits per heavy atom. The van der Waals surface area contributed by atoms with Crippen molar-refractivity contribution in [3.63, 3.8) is 0 Å². The van der Waals surface area contributed by atoms with Crippen molar-refractivity contribution in [2.24, 2.45) is 0 Å². The van der Waals surface area contributed by atoms with Gasteiger partial charge in [-0.15, -0.1) is 22.9 Å². The topological polar surface area (TPSA) is 29.0 Å². The van der Waals surface area contributed by atoms with Crippen LogP contribution >= 0.6 is 22.9 Å². The summed E-state index contributed by atoms with van der Waals surface area (Å²) >= 11 is 7.85. The van der Waals surface area contributed by atoms with Crippen LogP contribution in [-0.4, -0.2) is 27.9 Å². The second-order valence-corrected chi connectivity index (χ2v) is 6.85. The van der Waals surface area contributed by atoms with E-state index >= 15 is 0 Å². The fourth-order valence-corrected chi connectivity index (χ4v) is 3.71. The Morgan fingerprint density at radius 1 is 1.53 bits per heavy atom. The van der Waals surface area contributed by atoms with Crippen LogP contribution in [0.25, 0.3) is 10.2 Å². The van der Waals surface area contributed by atoms with Gasteiger partial charge in [-0.2, -0.15) is 0 Å². The lowest BCUT2D eigenvalue weighted by atomic mass is 9.98. The molecule has 102 valence electrons. The number of piperidine rings is 1. The van der Waals surface area contributed by atoms with Crippen LogP contribution in [-0.2, 0) is 0 Å². The molecule has 1 aliphatic rings. The molecule has 0 bridgehead atoms. The zero-order valence-electron chi connectivity index (χ0n) is 11.1. The van der Waals surface area contributed by atoms with Gasteiger partial charge < -0.3 is 4.90 Å². The van der Waals surface area contributed by atoms with E-state index in [2.05, 4.69) is 28.3 Å². The van der Waals surface area contributed by atoms with Gasteiger partial charge in [0, 0.05) is 29.5 Å². The predicted octanol–water partition coefficient (Wildman–Crippen LogP) is 4.07. The largest absolute Gasteiger partial charge is 0.338 e. The maximum Gasteiger partial charge on any atom is 0.226 e. The molecule has 2 aromatic rings. The number of hydrogen-bond acceptors (Lipinski definition) is 4. The Morgan fingerprint density at radius 3 is 3.26 bits per heavy atom. The molecule has 3 rings (SSSR count). The first-order valence-electron chi connectivity index (χ1n) is 6.85. The molecule has 3 nitrogen and oxygen atoms in total. The van der Waals surface area contributed by atoms with Gasteiger partial charge in [0.2, 0.25) is 5.95 Å². The second kappa shape index (κ2) is 5.63. The first-order valence-corrected chi connectivity index (χ1v) is 8.16. The fraction of sp³-hybridized carbons (Fsp3) is 0.571. The average molecular weight is 296 g/mol. The second-order valence-electron chi connectivity index (χ2n) is 5.21. The molecule has 3 heterocycles. The molecule has 1 saturated heterocycles. The summed E-state index contributed by atoms with van der Waals surface area (Å²) in [6, 6.07) is 2.55. The molecule has 1 fully saturated rings. The molecule has 0 radical (unpaired) electrons. The highest BCUT2D eigenvalue weighted by Crippen LogP contribution is 2.27. The molecule has 0 N–H and O–H groups in total. The lowest BCUT2D eigenvalue weighted by molar-refractivity contribution is 0.431. The first kappa shape index (κ1) is 13.1. The van der Waals surface area contributed by atoms with E-state index in [0.717, 1.165) is 29.1 Å². The van der Waals surface area contributed by atoms with Crippen molar-refractivity contribution in [2.45, 2.75) is 44.0 Å². The van der Waals surface area contributed by atoms with Crippen molar-refractivity contribution >= 4 is 39.1 Å². The molecular weight excluding hydrogens is 278 g/mol. The summed E-state index contributed by atoms with van der Waals surface area (Å²) in [6.07, 6.45) is 6.64. The Hall–Kier alpha value is -0.870. The Labute approximate surface area is 122 Å². The van der Waals surface area contributed by atoms with Crippen molar-refractivity contribution in [3.05, 3.63) is 17.6 Å². The number of aromatic nitrogens is 2. The van der Waals surface area contributed by atoms with Gasteiger partial charge in [-0.1, -0.05) is 0 Å². The predicted molar refractivity (Wildman–Crippen MR) is 82.3 cm³/mol. The van der Waals surface area contributed by atoms with Crippen molar-refractivity contribution in [1.29, 1.82) is 0 Å². The smallest absolute Gasteiger partial charge is 0.226 e. The summed E-state index contributed by atoms with van der Waals surface area (Å²) in [4.78, 5) is 12.7. The number of fused-ring (bicyclic) bond motifs is 1. The minimum atomic E-state index is 0.205. The Bertz CT molecular complexity index is 554. The number of rotatable bonds is 3. The zero-order chi connectivity index (χ0) is 13.2. The van der Waals surface area contributed by atoms with E-state index in [4.69, 9.17) is 16.6 Å². The lowest BCUT2D eigenvalue weighted by Gasteiger charge is -2.36. The van der Waals surface area contributed by atoms with Gasteiger partial charge >= 0.3 is 0 Å². The van der Waals surface area contributed by atoms with Crippen LogP contribution in [0.2, 0.25) is 0 Å². The van der Waals surface area contributed by atoms with Crippen LogP contribution in [0, 0.1) is 0 Å². The molecular formula is C14H18ClN3S. The number of alkyl halides is 1.